The van der Waals surface area contributed by atoms with Gasteiger partial charge >= 0.3 is 0 Å². The molecule has 1 unspecified atom stereocenters. The summed E-state index contributed by atoms with van der Waals surface area (Å²) in [5.41, 5.74) is 2.28. The third-order valence-electron chi connectivity index (χ3n) is 5.85. The molecule has 0 bridgehead atoms. The molecule has 0 aromatic heterocycles. The number of carbonyl (C=O) groups excluding carboxylic acids is 2. The van der Waals surface area contributed by atoms with Crippen LogP contribution in [0.15, 0.2) is 54.6 Å². The van der Waals surface area contributed by atoms with Crippen LogP contribution < -0.4 is 10.1 Å². The van der Waals surface area contributed by atoms with Gasteiger partial charge in [0.2, 0.25) is 5.91 Å². The molecule has 1 aliphatic heterocycles. The molecule has 2 aromatic rings. The van der Waals surface area contributed by atoms with Crippen molar-refractivity contribution in [1.29, 1.82) is 0 Å². The van der Waals surface area contributed by atoms with Crippen molar-refractivity contribution >= 4 is 11.8 Å². The van der Waals surface area contributed by atoms with E-state index in [1.54, 1.807) is 6.92 Å². The summed E-state index contributed by atoms with van der Waals surface area (Å²) in [6, 6.07) is 17.8. The molecular formula is C26H34N2O3. The SMILES string of the molecule is CC(Oc1cccc(C(C)(C)C)c1)C(=O)N1CCC(C(=O)NCc2ccccc2)CC1. The first-order chi connectivity index (χ1) is 14.7. The summed E-state index contributed by atoms with van der Waals surface area (Å²) in [4.78, 5) is 27.2. The van der Waals surface area contributed by atoms with Gasteiger partial charge in [0.25, 0.3) is 5.91 Å². The van der Waals surface area contributed by atoms with Gasteiger partial charge in [-0.15, -0.1) is 0 Å². The second-order valence-electron chi connectivity index (χ2n) is 9.34. The van der Waals surface area contributed by atoms with Crippen LogP contribution in [0.25, 0.3) is 0 Å². The van der Waals surface area contributed by atoms with Gasteiger partial charge in [0.15, 0.2) is 6.10 Å². The summed E-state index contributed by atoms with van der Waals surface area (Å²) < 4.78 is 5.96. The third kappa shape index (κ3) is 6.33. The van der Waals surface area contributed by atoms with Crippen molar-refractivity contribution in [2.24, 2.45) is 5.92 Å². The van der Waals surface area contributed by atoms with Crippen LogP contribution in [0.5, 0.6) is 5.75 Å². The van der Waals surface area contributed by atoms with Crippen LogP contribution in [0, 0.1) is 5.92 Å². The fourth-order valence-corrected chi connectivity index (χ4v) is 3.84. The lowest BCUT2D eigenvalue weighted by Gasteiger charge is -2.33. The monoisotopic (exact) mass is 422 g/mol. The van der Waals surface area contributed by atoms with Crippen molar-refractivity contribution in [2.75, 3.05) is 13.1 Å². The van der Waals surface area contributed by atoms with E-state index in [4.69, 9.17) is 4.74 Å². The summed E-state index contributed by atoms with van der Waals surface area (Å²) in [6.07, 6.45) is 0.802. The number of nitrogens with one attached hydrogen (secondary N) is 1. The van der Waals surface area contributed by atoms with Crippen molar-refractivity contribution in [3.8, 4) is 5.75 Å². The predicted octanol–water partition coefficient (Wildman–Crippen LogP) is 4.31. The van der Waals surface area contributed by atoms with E-state index in [1.807, 2.05) is 53.4 Å². The molecule has 1 heterocycles. The van der Waals surface area contributed by atoms with Gasteiger partial charge in [-0.05, 0) is 48.4 Å². The Labute approximate surface area is 185 Å². The lowest BCUT2D eigenvalue weighted by molar-refractivity contribution is -0.141. The minimum atomic E-state index is -0.557. The molecule has 2 aromatic carbocycles. The third-order valence-corrected chi connectivity index (χ3v) is 5.85. The predicted molar refractivity (Wildman–Crippen MR) is 123 cm³/mol. The van der Waals surface area contributed by atoms with E-state index < -0.39 is 6.10 Å². The lowest BCUT2D eigenvalue weighted by atomic mass is 9.87. The molecule has 1 fully saturated rings. The summed E-state index contributed by atoms with van der Waals surface area (Å²) >= 11 is 0. The Balaban J connectivity index is 1.47. The minimum absolute atomic E-state index is 0.0234. The van der Waals surface area contributed by atoms with Gasteiger partial charge in [0.1, 0.15) is 5.75 Å². The van der Waals surface area contributed by atoms with Gasteiger partial charge in [-0.1, -0.05) is 63.2 Å². The molecule has 0 aliphatic carbocycles. The molecule has 2 amide bonds. The molecular weight excluding hydrogens is 388 g/mol. The van der Waals surface area contributed by atoms with Gasteiger partial charge in [0.05, 0.1) is 0 Å². The van der Waals surface area contributed by atoms with Crippen molar-refractivity contribution in [1.82, 2.24) is 10.2 Å². The smallest absolute Gasteiger partial charge is 0.263 e. The summed E-state index contributed by atoms with van der Waals surface area (Å²) in [7, 11) is 0. The fraction of sp³-hybridized carbons (Fsp3) is 0.462. The lowest BCUT2D eigenvalue weighted by Crippen LogP contribution is -2.47. The molecule has 166 valence electrons. The van der Waals surface area contributed by atoms with E-state index in [0.29, 0.717) is 38.2 Å². The average molecular weight is 423 g/mol. The summed E-state index contributed by atoms with van der Waals surface area (Å²) in [5, 5.41) is 3.02. The zero-order chi connectivity index (χ0) is 22.4. The molecule has 5 nitrogen and oxygen atoms in total. The highest BCUT2D eigenvalue weighted by molar-refractivity contribution is 5.82. The van der Waals surface area contributed by atoms with Crippen molar-refractivity contribution in [3.05, 3.63) is 65.7 Å². The Bertz CT molecular complexity index is 881. The van der Waals surface area contributed by atoms with Gasteiger partial charge in [0, 0.05) is 25.6 Å². The maximum atomic E-state index is 12.9. The first-order valence-electron chi connectivity index (χ1n) is 11.1. The van der Waals surface area contributed by atoms with Crippen LogP contribution in [0.1, 0.15) is 51.7 Å². The van der Waals surface area contributed by atoms with Crippen LogP contribution >= 0.6 is 0 Å². The molecule has 5 heteroatoms. The zero-order valence-corrected chi connectivity index (χ0v) is 19.1. The summed E-state index contributed by atoms with van der Waals surface area (Å²) in [6.45, 7) is 9.96. The van der Waals surface area contributed by atoms with Crippen LogP contribution in [-0.2, 0) is 21.5 Å². The molecule has 31 heavy (non-hydrogen) atoms. The van der Waals surface area contributed by atoms with Crippen molar-refractivity contribution in [2.45, 2.75) is 58.6 Å². The molecule has 0 saturated carbocycles. The van der Waals surface area contributed by atoms with Gasteiger partial charge < -0.3 is 15.0 Å². The number of piperidine rings is 1. The van der Waals surface area contributed by atoms with E-state index in [2.05, 4.69) is 32.2 Å². The van der Waals surface area contributed by atoms with E-state index >= 15 is 0 Å². The van der Waals surface area contributed by atoms with E-state index in [9.17, 15) is 9.59 Å². The first-order valence-corrected chi connectivity index (χ1v) is 11.1. The van der Waals surface area contributed by atoms with Crippen LogP contribution in [-0.4, -0.2) is 35.9 Å². The maximum absolute atomic E-state index is 12.9. The van der Waals surface area contributed by atoms with Crippen LogP contribution in [0.2, 0.25) is 0 Å². The Morgan fingerprint density at radius 2 is 1.74 bits per heavy atom. The standard InChI is InChI=1S/C26H34N2O3/c1-19(31-23-12-8-11-22(17-23)26(2,3)4)25(30)28-15-13-21(14-16-28)24(29)27-18-20-9-6-5-7-10-20/h5-12,17,19,21H,13-16,18H2,1-4H3,(H,27,29). The second-order valence-corrected chi connectivity index (χ2v) is 9.34. The van der Waals surface area contributed by atoms with Gasteiger partial charge in [-0.2, -0.15) is 0 Å². The Morgan fingerprint density at radius 3 is 2.39 bits per heavy atom. The van der Waals surface area contributed by atoms with Gasteiger partial charge in [-0.3, -0.25) is 9.59 Å². The highest BCUT2D eigenvalue weighted by Crippen LogP contribution is 2.26. The number of carbonyl (C=O) groups is 2. The van der Waals surface area contributed by atoms with Crippen molar-refractivity contribution in [3.63, 3.8) is 0 Å². The van der Waals surface area contributed by atoms with Crippen LogP contribution in [0.3, 0.4) is 0 Å². The number of amides is 2. The number of nitrogens with zero attached hydrogens (tertiary/aromatic N) is 1. The molecule has 1 atom stereocenters. The minimum Gasteiger partial charge on any atom is -0.481 e. The van der Waals surface area contributed by atoms with E-state index in [1.165, 1.54) is 5.56 Å². The quantitative estimate of drug-likeness (QED) is 0.755. The number of rotatable bonds is 6. The molecule has 0 radical (unpaired) electrons. The van der Waals surface area contributed by atoms with E-state index in [-0.39, 0.29) is 23.1 Å². The highest BCUT2D eigenvalue weighted by atomic mass is 16.5. The normalized spacial score (nSPS) is 15.9. The number of likely N-dealkylation sites (tertiary alicyclic amines) is 1. The van der Waals surface area contributed by atoms with E-state index in [0.717, 1.165) is 5.56 Å². The topological polar surface area (TPSA) is 58.6 Å². The molecule has 1 saturated heterocycles. The number of hydrogen-bond donors (Lipinski definition) is 1. The number of ether oxygens (including phenoxy) is 1. The molecule has 3 rings (SSSR count). The first kappa shape index (κ1) is 22.9. The molecule has 0 spiro atoms. The number of benzene rings is 2. The fourth-order valence-electron chi connectivity index (χ4n) is 3.84. The second kappa shape index (κ2) is 9.99. The van der Waals surface area contributed by atoms with Crippen molar-refractivity contribution < 1.29 is 14.3 Å². The zero-order valence-electron chi connectivity index (χ0n) is 19.1. The Kier molecular flexibility index (Phi) is 7.37. The molecule has 1 aliphatic rings. The number of hydrogen-bond acceptors (Lipinski definition) is 3. The highest BCUT2D eigenvalue weighted by Gasteiger charge is 2.30. The maximum Gasteiger partial charge on any atom is 0.263 e. The largest absolute Gasteiger partial charge is 0.481 e. The average Bonchev–Trinajstić information content (AvgIpc) is 2.77. The molecule has 1 N–H and O–H groups in total. The van der Waals surface area contributed by atoms with Gasteiger partial charge in [-0.25, -0.2) is 0 Å². The Hall–Kier alpha value is -2.82. The Morgan fingerprint density at radius 1 is 1.06 bits per heavy atom. The summed E-state index contributed by atoms with van der Waals surface area (Å²) in [5.74, 6) is 0.708. The van der Waals surface area contributed by atoms with Crippen LogP contribution in [0.4, 0.5) is 0 Å².